The molecular weight excluding hydrogens is 384 g/mol. The van der Waals surface area contributed by atoms with E-state index in [2.05, 4.69) is 25.8 Å². The molecule has 0 fully saturated rings. The molecule has 4 rings (SSSR count). The molecule has 0 saturated heterocycles. The topological polar surface area (TPSA) is 104 Å². The van der Waals surface area contributed by atoms with Gasteiger partial charge in [0.15, 0.2) is 0 Å². The molecule has 0 bridgehead atoms. The third-order valence-electron chi connectivity index (χ3n) is 4.23. The van der Waals surface area contributed by atoms with Gasteiger partial charge in [0.1, 0.15) is 23.5 Å². The van der Waals surface area contributed by atoms with Crippen molar-refractivity contribution in [1.29, 1.82) is 0 Å². The SMILES string of the molecule is COc1ccc(Oc2ncccc2NC(=O)Cc2ccc(-n3cnnn3)cc2)cc1. The highest BCUT2D eigenvalue weighted by atomic mass is 16.5. The maximum atomic E-state index is 12.5. The Balaban J connectivity index is 1.42. The lowest BCUT2D eigenvalue weighted by molar-refractivity contribution is -0.115. The van der Waals surface area contributed by atoms with Crippen LogP contribution in [0.5, 0.6) is 17.4 Å². The normalized spacial score (nSPS) is 10.4. The molecule has 0 aliphatic heterocycles. The second kappa shape index (κ2) is 8.82. The molecule has 0 aliphatic carbocycles. The minimum Gasteiger partial charge on any atom is -0.497 e. The van der Waals surface area contributed by atoms with E-state index in [9.17, 15) is 4.79 Å². The van der Waals surface area contributed by atoms with Crippen LogP contribution in [0.3, 0.4) is 0 Å². The number of methoxy groups -OCH3 is 1. The maximum Gasteiger partial charge on any atom is 0.243 e. The molecular formula is C21H18N6O3. The maximum absolute atomic E-state index is 12.5. The Labute approximate surface area is 172 Å². The van der Waals surface area contributed by atoms with Crippen LogP contribution in [0.25, 0.3) is 5.69 Å². The first-order chi connectivity index (χ1) is 14.7. The number of carbonyl (C=O) groups excluding carboxylic acids is 1. The van der Waals surface area contributed by atoms with Crippen molar-refractivity contribution in [2.24, 2.45) is 0 Å². The molecule has 9 nitrogen and oxygen atoms in total. The fourth-order valence-electron chi connectivity index (χ4n) is 2.75. The van der Waals surface area contributed by atoms with Gasteiger partial charge in [-0.15, -0.1) is 5.10 Å². The van der Waals surface area contributed by atoms with Crippen molar-refractivity contribution in [2.45, 2.75) is 6.42 Å². The van der Waals surface area contributed by atoms with E-state index in [0.29, 0.717) is 17.3 Å². The smallest absolute Gasteiger partial charge is 0.243 e. The average molecular weight is 402 g/mol. The predicted molar refractivity (Wildman–Crippen MR) is 109 cm³/mol. The van der Waals surface area contributed by atoms with E-state index < -0.39 is 0 Å². The van der Waals surface area contributed by atoms with Gasteiger partial charge in [-0.05, 0) is 64.5 Å². The molecule has 2 aromatic carbocycles. The van der Waals surface area contributed by atoms with Gasteiger partial charge in [-0.1, -0.05) is 12.1 Å². The van der Waals surface area contributed by atoms with E-state index in [0.717, 1.165) is 17.0 Å². The zero-order valence-corrected chi connectivity index (χ0v) is 16.1. The molecule has 0 aliphatic rings. The van der Waals surface area contributed by atoms with Crippen molar-refractivity contribution in [2.75, 3.05) is 12.4 Å². The summed E-state index contributed by atoms with van der Waals surface area (Å²) < 4.78 is 12.5. The summed E-state index contributed by atoms with van der Waals surface area (Å²) in [5.74, 6) is 1.44. The van der Waals surface area contributed by atoms with Crippen molar-refractivity contribution in [3.05, 3.63) is 78.8 Å². The number of pyridine rings is 1. The molecule has 0 saturated carbocycles. The van der Waals surface area contributed by atoms with E-state index in [1.54, 1.807) is 54.4 Å². The first kappa shape index (κ1) is 19.1. The van der Waals surface area contributed by atoms with Crippen LogP contribution in [0, 0.1) is 0 Å². The minimum atomic E-state index is -0.183. The fourth-order valence-corrected chi connectivity index (χ4v) is 2.75. The summed E-state index contributed by atoms with van der Waals surface area (Å²) in [6, 6.07) is 18.0. The number of anilines is 1. The van der Waals surface area contributed by atoms with Crippen molar-refractivity contribution in [3.8, 4) is 23.1 Å². The number of amides is 1. The van der Waals surface area contributed by atoms with Gasteiger partial charge in [-0.2, -0.15) is 0 Å². The number of nitrogens with one attached hydrogen (secondary N) is 1. The molecule has 0 spiro atoms. The summed E-state index contributed by atoms with van der Waals surface area (Å²) in [5, 5.41) is 13.9. The summed E-state index contributed by atoms with van der Waals surface area (Å²) in [6.07, 6.45) is 3.31. The highest BCUT2D eigenvalue weighted by molar-refractivity contribution is 5.93. The molecule has 9 heteroatoms. The number of rotatable bonds is 7. The Morgan fingerprint density at radius 1 is 1.03 bits per heavy atom. The minimum absolute atomic E-state index is 0.183. The molecule has 2 heterocycles. The molecule has 2 aromatic heterocycles. The summed E-state index contributed by atoms with van der Waals surface area (Å²) in [7, 11) is 1.60. The van der Waals surface area contributed by atoms with Gasteiger partial charge in [0.05, 0.1) is 19.2 Å². The van der Waals surface area contributed by atoms with Crippen LogP contribution in [0.1, 0.15) is 5.56 Å². The van der Waals surface area contributed by atoms with Gasteiger partial charge in [-0.25, -0.2) is 9.67 Å². The third-order valence-corrected chi connectivity index (χ3v) is 4.23. The van der Waals surface area contributed by atoms with E-state index in [1.165, 1.54) is 6.33 Å². The number of hydrogen-bond acceptors (Lipinski definition) is 7. The number of hydrogen-bond donors (Lipinski definition) is 1. The summed E-state index contributed by atoms with van der Waals surface area (Å²) in [5.41, 5.74) is 2.15. The van der Waals surface area contributed by atoms with Crippen LogP contribution < -0.4 is 14.8 Å². The molecule has 1 amide bonds. The number of carbonyl (C=O) groups is 1. The Hall–Kier alpha value is -4.27. The van der Waals surface area contributed by atoms with Crippen LogP contribution in [-0.4, -0.2) is 38.2 Å². The van der Waals surface area contributed by atoms with Gasteiger partial charge >= 0.3 is 0 Å². The molecule has 150 valence electrons. The summed E-state index contributed by atoms with van der Waals surface area (Å²) >= 11 is 0. The number of nitrogens with zero attached hydrogens (tertiary/aromatic N) is 5. The Kier molecular flexibility index (Phi) is 5.61. The van der Waals surface area contributed by atoms with Gasteiger partial charge in [0, 0.05) is 6.20 Å². The van der Waals surface area contributed by atoms with Crippen molar-refractivity contribution in [3.63, 3.8) is 0 Å². The lowest BCUT2D eigenvalue weighted by Gasteiger charge is -2.11. The van der Waals surface area contributed by atoms with Crippen molar-refractivity contribution >= 4 is 11.6 Å². The highest BCUT2D eigenvalue weighted by Crippen LogP contribution is 2.28. The number of tetrazole rings is 1. The monoisotopic (exact) mass is 402 g/mol. The van der Waals surface area contributed by atoms with Crippen LogP contribution >= 0.6 is 0 Å². The first-order valence-corrected chi connectivity index (χ1v) is 9.10. The molecule has 0 radical (unpaired) electrons. The lowest BCUT2D eigenvalue weighted by Crippen LogP contribution is -2.15. The van der Waals surface area contributed by atoms with Crippen molar-refractivity contribution < 1.29 is 14.3 Å². The summed E-state index contributed by atoms with van der Waals surface area (Å²) in [4.78, 5) is 16.8. The summed E-state index contributed by atoms with van der Waals surface area (Å²) in [6.45, 7) is 0. The molecule has 0 atom stereocenters. The Bertz CT molecular complexity index is 1110. The largest absolute Gasteiger partial charge is 0.497 e. The second-order valence-corrected chi connectivity index (χ2v) is 6.28. The number of benzene rings is 2. The van der Waals surface area contributed by atoms with E-state index in [1.807, 2.05) is 24.3 Å². The van der Waals surface area contributed by atoms with Crippen molar-refractivity contribution in [1.82, 2.24) is 25.2 Å². The van der Waals surface area contributed by atoms with Gasteiger partial charge in [0.2, 0.25) is 11.8 Å². The standard InChI is InChI=1S/C21H18N6O3/c1-29-17-8-10-18(11-9-17)30-21-19(3-2-12-22-21)24-20(28)13-15-4-6-16(7-5-15)27-14-23-25-26-27/h2-12,14H,13H2,1H3,(H,24,28). The number of ether oxygens (including phenoxy) is 2. The predicted octanol–water partition coefficient (Wildman–Crippen LogP) is 3.04. The molecule has 30 heavy (non-hydrogen) atoms. The fraction of sp³-hybridized carbons (Fsp3) is 0.0952. The molecule has 4 aromatic rings. The first-order valence-electron chi connectivity index (χ1n) is 9.10. The Morgan fingerprint density at radius 2 is 1.80 bits per heavy atom. The van der Waals surface area contributed by atoms with Crippen LogP contribution in [0.15, 0.2) is 73.2 Å². The van der Waals surface area contributed by atoms with Crippen LogP contribution in [0.2, 0.25) is 0 Å². The van der Waals surface area contributed by atoms with Crippen LogP contribution in [-0.2, 0) is 11.2 Å². The second-order valence-electron chi connectivity index (χ2n) is 6.28. The van der Waals surface area contributed by atoms with E-state index in [-0.39, 0.29) is 12.3 Å². The zero-order valence-electron chi connectivity index (χ0n) is 16.1. The quantitative estimate of drug-likeness (QED) is 0.507. The molecule has 0 unspecified atom stereocenters. The van der Waals surface area contributed by atoms with Crippen LogP contribution in [0.4, 0.5) is 5.69 Å². The van der Waals surface area contributed by atoms with Gasteiger partial charge < -0.3 is 14.8 Å². The Morgan fingerprint density at radius 3 is 2.50 bits per heavy atom. The van der Waals surface area contributed by atoms with Gasteiger partial charge in [-0.3, -0.25) is 4.79 Å². The highest BCUT2D eigenvalue weighted by Gasteiger charge is 2.11. The average Bonchev–Trinajstić information content (AvgIpc) is 3.31. The third kappa shape index (κ3) is 4.58. The van der Waals surface area contributed by atoms with E-state index in [4.69, 9.17) is 9.47 Å². The number of aromatic nitrogens is 5. The lowest BCUT2D eigenvalue weighted by atomic mass is 10.1. The van der Waals surface area contributed by atoms with Gasteiger partial charge in [0.25, 0.3) is 0 Å². The zero-order chi connectivity index (χ0) is 20.8. The van der Waals surface area contributed by atoms with E-state index >= 15 is 0 Å². The molecule has 1 N–H and O–H groups in total.